The maximum Gasteiger partial charge on any atom is 0.232 e. The van der Waals surface area contributed by atoms with Crippen molar-refractivity contribution in [2.24, 2.45) is 0 Å². The quantitative estimate of drug-likeness (QED) is 0.470. The van der Waals surface area contributed by atoms with Crippen molar-refractivity contribution in [2.75, 3.05) is 0 Å². The summed E-state index contributed by atoms with van der Waals surface area (Å²) in [6.45, 7) is 0. The molecule has 0 aliphatic carbocycles. The lowest BCUT2D eigenvalue weighted by atomic mass is 10.6. The Labute approximate surface area is 46.6 Å². The van der Waals surface area contributed by atoms with Gasteiger partial charge in [0.1, 0.15) is 6.07 Å². The number of nitrogens with zero attached hydrogens (tertiary/aromatic N) is 3. The highest BCUT2D eigenvalue weighted by Crippen LogP contribution is 1.79. The molecule has 0 unspecified atom stereocenters. The summed E-state index contributed by atoms with van der Waals surface area (Å²) < 4.78 is 0. The summed E-state index contributed by atoms with van der Waals surface area (Å²) in [5.41, 5.74) is 0. The van der Waals surface area contributed by atoms with Gasteiger partial charge in [-0.15, -0.1) is 0 Å². The monoisotopic (exact) mass is 104 g/mol. The van der Waals surface area contributed by atoms with Gasteiger partial charge in [0.15, 0.2) is 0 Å². The molecule has 1 aromatic heterocycles. The third kappa shape index (κ3) is 0.793. The van der Waals surface area contributed by atoms with Gasteiger partial charge in [-0.05, 0) is 0 Å². The molecule has 3 heteroatoms. The van der Waals surface area contributed by atoms with Gasteiger partial charge in [0.05, 0.1) is 0 Å². The summed E-state index contributed by atoms with van der Waals surface area (Å²) in [6, 6.07) is 4.38. The molecule has 0 aromatic carbocycles. The van der Waals surface area contributed by atoms with Crippen LogP contribution in [0.15, 0.2) is 12.4 Å². The van der Waals surface area contributed by atoms with Crippen molar-refractivity contribution in [3.63, 3.8) is 0 Å². The molecule has 0 spiro atoms. The van der Waals surface area contributed by atoms with Gasteiger partial charge >= 0.3 is 0 Å². The molecule has 0 amide bonds. The van der Waals surface area contributed by atoms with Crippen LogP contribution in [0.1, 0.15) is 5.82 Å². The molecule has 1 heterocycles. The molecule has 0 aliphatic rings. The third-order valence-corrected chi connectivity index (χ3v) is 0.623. The van der Waals surface area contributed by atoms with E-state index in [0.717, 1.165) is 0 Å². The lowest BCUT2D eigenvalue weighted by Crippen LogP contribution is -1.83. The molecule has 0 saturated carbocycles. The molecule has 3 nitrogen and oxygen atoms in total. The minimum absolute atomic E-state index is 0.184. The van der Waals surface area contributed by atoms with Crippen LogP contribution in [0.3, 0.4) is 0 Å². The van der Waals surface area contributed by atoms with E-state index in [1.807, 2.05) is 0 Å². The van der Waals surface area contributed by atoms with Gasteiger partial charge in [-0.2, -0.15) is 5.26 Å². The van der Waals surface area contributed by atoms with Crippen molar-refractivity contribution in [1.82, 2.24) is 9.97 Å². The molecule has 0 atom stereocenters. The van der Waals surface area contributed by atoms with Crippen LogP contribution in [0, 0.1) is 17.4 Å². The van der Waals surface area contributed by atoms with Crippen LogP contribution < -0.4 is 0 Å². The van der Waals surface area contributed by atoms with Crippen molar-refractivity contribution in [2.45, 2.75) is 0 Å². The van der Waals surface area contributed by atoms with Crippen LogP contribution in [0.4, 0.5) is 0 Å². The van der Waals surface area contributed by atoms with E-state index in [2.05, 4.69) is 16.0 Å². The van der Waals surface area contributed by atoms with Crippen LogP contribution >= 0.6 is 0 Å². The minimum atomic E-state index is 0.184. The smallest absolute Gasteiger partial charge is 0.227 e. The second-order valence-electron chi connectivity index (χ2n) is 1.12. The number of rotatable bonds is 0. The predicted molar refractivity (Wildman–Crippen MR) is 25.6 cm³/mol. The Hall–Kier alpha value is -1.43. The van der Waals surface area contributed by atoms with E-state index in [1.165, 1.54) is 12.4 Å². The average Bonchev–Trinajstić information content (AvgIpc) is 1.90. The number of hydrogen-bond acceptors (Lipinski definition) is 3. The Morgan fingerprint density at radius 1 is 1.50 bits per heavy atom. The molecule has 0 fully saturated rings. The SMILES string of the molecule is N#Cc1nc[c]cn1. The fourth-order valence-corrected chi connectivity index (χ4v) is 0.321. The van der Waals surface area contributed by atoms with Gasteiger partial charge in [0.25, 0.3) is 0 Å². The van der Waals surface area contributed by atoms with Crippen LogP contribution in [0.25, 0.3) is 0 Å². The van der Waals surface area contributed by atoms with E-state index < -0.39 is 0 Å². The summed E-state index contributed by atoms with van der Waals surface area (Å²) in [5.74, 6) is 0.184. The Morgan fingerprint density at radius 3 is 2.50 bits per heavy atom. The first-order valence-corrected chi connectivity index (χ1v) is 2.01. The number of hydrogen-bond donors (Lipinski definition) is 0. The molecule has 0 saturated heterocycles. The zero-order chi connectivity index (χ0) is 5.82. The summed E-state index contributed by atoms with van der Waals surface area (Å²) in [4.78, 5) is 7.14. The van der Waals surface area contributed by atoms with E-state index >= 15 is 0 Å². The zero-order valence-corrected chi connectivity index (χ0v) is 4.00. The van der Waals surface area contributed by atoms with Crippen molar-refractivity contribution in [1.29, 1.82) is 5.26 Å². The van der Waals surface area contributed by atoms with Gasteiger partial charge in [-0.25, -0.2) is 9.97 Å². The number of nitriles is 1. The first-order chi connectivity index (χ1) is 3.93. The third-order valence-electron chi connectivity index (χ3n) is 0.623. The van der Waals surface area contributed by atoms with E-state index in [4.69, 9.17) is 5.26 Å². The Kier molecular flexibility index (Phi) is 1.20. The molecular weight excluding hydrogens is 102 g/mol. The zero-order valence-electron chi connectivity index (χ0n) is 4.00. The summed E-state index contributed by atoms with van der Waals surface area (Å²) in [6.07, 6.45) is 2.82. The van der Waals surface area contributed by atoms with Crippen LogP contribution in [-0.4, -0.2) is 9.97 Å². The largest absolute Gasteiger partial charge is 0.232 e. The van der Waals surface area contributed by atoms with E-state index in [1.54, 1.807) is 6.07 Å². The highest BCUT2D eigenvalue weighted by molar-refractivity contribution is 5.06. The molecule has 8 heavy (non-hydrogen) atoms. The normalized spacial score (nSPS) is 7.88. The minimum Gasteiger partial charge on any atom is -0.227 e. The lowest BCUT2D eigenvalue weighted by molar-refractivity contribution is 1.11. The lowest BCUT2D eigenvalue weighted by Gasteiger charge is -1.78. The fourth-order valence-electron chi connectivity index (χ4n) is 0.321. The highest BCUT2D eigenvalue weighted by atomic mass is 14.8. The maximum absolute atomic E-state index is 8.15. The fraction of sp³-hybridized carbons (Fsp3) is 0. The second kappa shape index (κ2) is 2.03. The van der Waals surface area contributed by atoms with Gasteiger partial charge < -0.3 is 0 Å². The average molecular weight is 104 g/mol. The van der Waals surface area contributed by atoms with Gasteiger partial charge in [0.2, 0.25) is 5.82 Å². The van der Waals surface area contributed by atoms with Crippen molar-refractivity contribution >= 4 is 0 Å². The topological polar surface area (TPSA) is 49.6 Å². The molecule has 0 N–H and O–H groups in total. The standard InChI is InChI=1S/C5H2N3/c6-4-5-7-2-1-3-8-5/h2-3H. The van der Waals surface area contributed by atoms with Gasteiger partial charge in [0, 0.05) is 18.5 Å². The first-order valence-electron chi connectivity index (χ1n) is 2.01. The highest BCUT2D eigenvalue weighted by Gasteiger charge is 1.83. The van der Waals surface area contributed by atoms with Crippen molar-refractivity contribution in [3.05, 3.63) is 24.3 Å². The van der Waals surface area contributed by atoms with Crippen LogP contribution in [0.5, 0.6) is 0 Å². The molecule has 0 aliphatic heterocycles. The van der Waals surface area contributed by atoms with Crippen molar-refractivity contribution in [3.8, 4) is 6.07 Å². The predicted octanol–water partition coefficient (Wildman–Crippen LogP) is 0.148. The van der Waals surface area contributed by atoms with E-state index in [0.29, 0.717) is 0 Å². The Bertz CT molecular complexity index is 199. The Balaban J connectivity index is 3.05. The summed E-state index contributed by atoms with van der Waals surface area (Å²) in [5, 5.41) is 8.15. The molecule has 1 aromatic rings. The van der Waals surface area contributed by atoms with Crippen LogP contribution in [0.2, 0.25) is 0 Å². The molecular formula is C5H2N3. The van der Waals surface area contributed by atoms with Crippen LogP contribution in [-0.2, 0) is 0 Å². The van der Waals surface area contributed by atoms with E-state index in [9.17, 15) is 0 Å². The molecule has 1 rings (SSSR count). The summed E-state index contributed by atoms with van der Waals surface area (Å²) >= 11 is 0. The molecule has 0 bridgehead atoms. The molecule has 37 valence electrons. The summed E-state index contributed by atoms with van der Waals surface area (Å²) in [7, 11) is 0. The first kappa shape index (κ1) is 4.72. The van der Waals surface area contributed by atoms with Gasteiger partial charge in [-0.1, -0.05) is 0 Å². The van der Waals surface area contributed by atoms with E-state index in [-0.39, 0.29) is 5.82 Å². The molecule has 1 radical (unpaired) electrons. The van der Waals surface area contributed by atoms with Gasteiger partial charge in [-0.3, -0.25) is 0 Å². The van der Waals surface area contributed by atoms with Crippen molar-refractivity contribution < 1.29 is 0 Å². The maximum atomic E-state index is 8.15. The second-order valence-corrected chi connectivity index (χ2v) is 1.12. The number of aromatic nitrogens is 2. The Morgan fingerprint density at radius 2 is 2.12 bits per heavy atom.